The summed E-state index contributed by atoms with van der Waals surface area (Å²) in [7, 11) is 0. The van der Waals surface area contributed by atoms with Gasteiger partial charge in [-0.2, -0.15) is 0 Å². The quantitative estimate of drug-likeness (QED) is 0.278. The number of fused-ring (bicyclic) bond motifs is 2. The lowest BCUT2D eigenvalue weighted by Crippen LogP contribution is -2.26. The van der Waals surface area contributed by atoms with Crippen LogP contribution in [-0.2, 0) is 13.1 Å². The second-order valence-corrected chi connectivity index (χ2v) is 8.37. The van der Waals surface area contributed by atoms with Gasteiger partial charge in [0.05, 0.1) is 28.3 Å². The Morgan fingerprint density at radius 2 is 1.38 bits per heavy atom. The summed E-state index contributed by atoms with van der Waals surface area (Å²) >= 11 is 0. The second kappa shape index (κ2) is 10.0. The van der Waals surface area contributed by atoms with Gasteiger partial charge in [-0.1, -0.05) is 68.4 Å². The maximum Gasteiger partial charge on any atom is 0.230 e. The van der Waals surface area contributed by atoms with E-state index >= 15 is 0 Å². The van der Waals surface area contributed by atoms with Crippen molar-refractivity contribution in [1.82, 2.24) is 24.0 Å². The van der Waals surface area contributed by atoms with Crippen LogP contribution >= 0.6 is 0 Å². The van der Waals surface area contributed by atoms with Crippen molar-refractivity contribution >= 4 is 34.2 Å². The summed E-state index contributed by atoms with van der Waals surface area (Å²) in [4.78, 5) is 17.0. The monoisotopic (exact) mass is 450 g/mol. The highest BCUT2D eigenvalue weighted by Crippen LogP contribution is 2.23. The molecular weight excluding hydrogens is 420 g/mol. The summed E-state index contributed by atoms with van der Waals surface area (Å²) < 4.78 is 4.44. The van der Waals surface area contributed by atoms with Crippen LogP contribution in [0.4, 0.5) is 5.95 Å². The Balaban J connectivity index is 1.53. The topological polar surface area (TPSA) is 51.2 Å². The summed E-state index contributed by atoms with van der Waals surface area (Å²) in [6, 6.07) is 27.0. The lowest BCUT2D eigenvalue weighted by molar-refractivity contribution is 0.292. The molecular formula is C28H30N6. The predicted octanol–water partition coefficient (Wildman–Crippen LogP) is 5.53. The smallest absolute Gasteiger partial charge is 0.230 e. The summed E-state index contributed by atoms with van der Waals surface area (Å²) in [6.07, 6.45) is 1.86. The highest BCUT2D eigenvalue weighted by Gasteiger charge is 2.13. The fourth-order valence-corrected chi connectivity index (χ4v) is 4.40. The molecule has 172 valence electrons. The van der Waals surface area contributed by atoms with E-state index in [1.54, 1.807) is 0 Å². The van der Waals surface area contributed by atoms with Gasteiger partial charge in [0.1, 0.15) is 0 Å². The molecule has 6 heteroatoms. The minimum atomic E-state index is 0.715. The van der Waals surface area contributed by atoms with Crippen LogP contribution in [0.2, 0.25) is 0 Å². The van der Waals surface area contributed by atoms with Gasteiger partial charge in [-0.05, 0) is 42.9 Å². The van der Waals surface area contributed by atoms with Gasteiger partial charge in [-0.3, -0.25) is 0 Å². The van der Waals surface area contributed by atoms with Crippen molar-refractivity contribution < 1.29 is 0 Å². The fourth-order valence-electron chi connectivity index (χ4n) is 4.40. The Kier molecular flexibility index (Phi) is 6.49. The number of hydrogen-bond acceptors (Lipinski definition) is 4. The Morgan fingerprint density at radius 3 is 2.09 bits per heavy atom. The molecule has 0 fully saturated rings. The number of aromatic nitrogens is 4. The molecule has 0 N–H and O–H groups in total. The minimum Gasteiger partial charge on any atom is -0.319 e. The van der Waals surface area contributed by atoms with Crippen molar-refractivity contribution in [1.29, 1.82) is 0 Å². The Hall–Kier alpha value is -3.77. The molecule has 0 unspecified atom stereocenters. The molecule has 0 atom stereocenters. The average Bonchev–Trinajstić information content (AvgIpc) is 3.42. The molecule has 6 nitrogen and oxygen atoms in total. The van der Waals surface area contributed by atoms with E-state index in [4.69, 9.17) is 15.0 Å². The third-order valence-corrected chi connectivity index (χ3v) is 6.33. The highest BCUT2D eigenvalue weighted by molar-refractivity contribution is 5.87. The lowest BCUT2D eigenvalue weighted by atomic mass is 10.2. The SMILES string of the molecule is CCN(CC)CCn1c(N=Cc2nc3ccccc3n2Cc2ccccc2)nc2ccccc21. The molecule has 3 aromatic carbocycles. The van der Waals surface area contributed by atoms with Crippen LogP contribution in [0.1, 0.15) is 25.2 Å². The van der Waals surface area contributed by atoms with E-state index in [2.05, 4.69) is 76.4 Å². The minimum absolute atomic E-state index is 0.715. The van der Waals surface area contributed by atoms with E-state index in [-0.39, 0.29) is 0 Å². The number of likely N-dealkylation sites (N-methyl/N-ethyl adjacent to an activating group) is 1. The number of imidazole rings is 2. The third kappa shape index (κ3) is 4.50. The molecule has 0 aliphatic heterocycles. The van der Waals surface area contributed by atoms with Crippen molar-refractivity contribution in [3.63, 3.8) is 0 Å². The van der Waals surface area contributed by atoms with E-state index in [0.717, 1.165) is 60.6 Å². The molecule has 0 aliphatic carbocycles. The van der Waals surface area contributed by atoms with E-state index < -0.39 is 0 Å². The van der Waals surface area contributed by atoms with Crippen LogP contribution in [0.25, 0.3) is 22.1 Å². The number of benzene rings is 3. The van der Waals surface area contributed by atoms with E-state index in [1.165, 1.54) is 5.56 Å². The van der Waals surface area contributed by atoms with Crippen LogP contribution in [0.5, 0.6) is 0 Å². The molecule has 0 amide bonds. The van der Waals surface area contributed by atoms with Crippen LogP contribution in [0.3, 0.4) is 0 Å². The van der Waals surface area contributed by atoms with Crippen molar-refractivity contribution in [2.75, 3.05) is 19.6 Å². The van der Waals surface area contributed by atoms with E-state index in [1.807, 2.05) is 36.5 Å². The predicted molar refractivity (Wildman–Crippen MR) is 140 cm³/mol. The Labute approximate surface area is 200 Å². The van der Waals surface area contributed by atoms with E-state index in [0.29, 0.717) is 5.95 Å². The maximum atomic E-state index is 4.88. The van der Waals surface area contributed by atoms with Gasteiger partial charge in [0.15, 0.2) is 5.82 Å². The van der Waals surface area contributed by atoms with Gasteiger partial charge in [0, 0.05) is 19.6 Å². The molecule has 5 rings (SSSR count). The molecule has 0 radical (unpaired) electrons. The molecule has 0 spiro atoms. The number of para-hydroxylation sites is 4. The van der Waals surface area contributed by atoms with Gasteiger partial charge in [-0.15, -0.1) is 0 Å². The zero-order valence-electron chi connectivity index (χ0n) is 19.8. The standard InChI is InChI=1S/C28H30N6/c1-3-32(4-2)18-19-33-25-16-10-9-15-24(25)31-28(33)29-20-27-30-23-14-8-11-17-26(23)34(27)21-22-12-6-5-7-13-22/h5-17,20H,3-4,18-19,21H2,1-2H3. The van der Waals surface area contributed by atoms with Crippen LogP contribution < -0.4 is 0 Å². The number of rotatable bonds is 9. The molecule has 2 heterocycles. The summed E-state index contributed by atoms with van der Waals surface area (Å²) in [6.45, 7) is 9.01. The van der Waals surface area contributed by atoms with Gasteiger partial charge in [-0.25, -0.2) is 15.0 Å². The second-order valence-electron chi connectivity index (χ2n) is 8.37. The summed E-state index contributed by atoms with van der Waals surface area (Å²) in [5.41, 5.74) is 5.37. The van der Waals surface area contributed by atoms with Gasteiger partial charge in [0.2, 0.25) is 5.95 Å². The van der Waals surface area contributed by atoms with E-state index in [9.17, 15) is 0 Å². The normalized spacial score (nSPS) is 12.0. The molecule has 0 bridgehead atoms. The van der Waals surface area contributed by atoms with Crippen LogP contribution in [0, 0.1) is 0 Å². The van der Waals surface area contributed by atoms with Crippen molar-refractivity contribution in [3.05, 3.63) is 90.3 Å². The van der Waals surface area contributed by atoms with Gasteiger partial charge in [0.25, 0.3) is 0 Å². The molecule has 0 aliphatic rings. The van der Waals surface area contributed by atoms with Crippen LogP contribution in [0.15, 0.2) is 83.9 Å². The Bertz CT molecular complexity index is 1410. The van der Waals surface area contributed by atoms with Gasteiger partial charge >= 0.3 is 0 Å². The molecule has 0 saturated heterocycles. The van der Waals surface area contributed by atoms with Crippen molar-refractivity contribution in [2.24, 2.45) is 4.99 Å². The molecule has 5 aromatic rings. The molecule has 2 aromatic heterocycles. The largest absolute Gasteiger partial charge is 0.319 e. The lowest BCUT2D eigenvalue weighted by Gasteiger charge is -2.18. The van der Waals surface area contributed by atoms with Gasteiger partial charge < -0.3 is 14.0 Å². The summed E-state index contributed by atoms with van der Waals surface area (Å²) in [5, 5.41) is 0. The first-order chi connectivity index (χ1) is 16.8. The number of aliphatic imine (C=N–C) groups is 1. The maximum absolute atomic E-state index is 4.88. The number of hydrogen-bond donors (Lipinski definition) is 0. The third-order valence-electron chi connectivity index (χ3n) is 6.33. The summed E-state index contributed by atoms with van der Waals surface area (Å²) in [5.74, 6) is 1.54. The zero-order valence-corrected chi connectivity index (χ0v) is 19.8. The number of nitrogens with zero attached hydrogens (tertiary/aromatic N) is 6. The molecule has 0 saturated carbocycles. The van der Waals surface area contributed by atoms with Crippen molar-refractivity contribution in [3.8, 4) is 0 Å². The average molecular weight is 451 g/mol. The van der Waals surface area contributed by atoms with Crippen molar-refractivity contribution in [2.45, 2.75) is 26.9 Å². The van der Waals surface area contributed by atoms with Crippen LogP contribution in [-0.4, -0.2) is 49.9 Å². The zero-order chi connectivity index (χ0) is 23.3. The molecule has 34 heavy (non-hydrogen) atoms. The fraction of sp³-hybridized carbons (Fsp3) is 0.250. The Morgan fingerprint density at radius 1 is 0.765 bits per heavy atom. The first kappa shape index (κ1) is 22.0. The highest BCUT2D eigenvalue weighted by atomic mass is 15.2. The first-order valence-electron chi connectivity index (χ1n) is 12.0. The first-order valence-corrected chi connectivity index (χ1v) is 12.0.